The summed E-state index contributed by atoms with van der Waals surface area (Å²) in [7, 11) is 0. The van der Waals surface area contributed by atoms with Crippen LogP contribution < -0.4 is 10.6 Å². The maximum Gasteiger partial charge on any atom is 0.364 e. The number of carbonyl (C=O) groups is 3. The fourth-order valence-electron chi connectivity index (χ4n) is 9.39. The molecule has 0 aromatic carbocycles. The van der Waals surface area contributed by atoms with Gasteiger partial charge in [0.05, 0.1) is 69.5 Å². The van der Waals surface area contributed by atoms with Crippen LogP contribution in [0.25, 0.3) is 0 Å². The highest BCUT2D eigenvalue weighted by Gasteiger charge is 2.59. The second kappa shape index (κ2) is 32.6. The topological polar surface area (TPSA) is 412 Å². The number of carboxylic acids is 1. The molecule has 26 nitrogen and oxygen atoms in total. The number of hydrogen-bond donors (Lipinski definition) is 15. The summed E-state index contributed by atoms with van der Waals surface area (Å²) in [6.07, 6.45) is -9.01. The molecule has 15 N–H and O–H groups in total. The summed E-state index contributed by atoms with van der Waals surface area (Å²) in [5, 5.41) is 145. The molecule has 5 radical (unpaired) electrons. The first-order valence-corrected chi connectivity index (χ1v) is 26.1. The summed E-state index contributed by atoms with van der Waals surface area (Å²) in [6.45, 7) is 2.48. The number of unbranched alkanes of at least 4 members (excludes halogenated alkanes) is 11. The molecule has 0 aliphatic carbocycles. The van der Waals surface area contributed by atoms with Gasteiger partial charge in [-0.25, -0.2) is 4.79 Å². The smallest absolute Gasteiger partial charge is 0.364 e. The van der Waals surface area contributed by atoms with Crippen LogP contribution >= 0.6 is 0 Å². The van der Waals surface area contributed by atoms with Crippen LogP contribution in [0.15, 0.2) is 12.2 Å². The van der Waals surface area contributed by atoms with Gasteiger partial charge in [-0.1, -0.05) is 83.3 Å². The number of allylic oxidation sites excluding steroid dienone is 1. The number of aliphatic hydroxyl groups is 12. The number of rotatable bonds is 33. The van der Waals surface area contributed by atoms with E-state index in [9.17, 15) is 80.8 Å². The average molecular weight is 1100 g/mol. The van der Waals surface area contributed by atoms with Gasteiger partial charge in [0.15, 0.2) is 18.4 Å². The molecule has 2 amide bonds. The number of aliphatic carboxylic acids is 1. The summed E-state index contributed by atoms with van der Waals surface area (Å²) in [4.78, 5) is 37.3. The number of carboxylic acid groups (broad SMARTS) is 1. The van der Waals surface area contributed by atoms with Crippen molar-refractivity contribution in [3.05, 3.63) is 38.2 Å². The molecule has 4 aliphatic heterocycles. The number of aliphatic hydroxyl groups excluding tert-OH is 12. The van der Waals surface area contributed by atoms with Crippen molar-refractivity contribution in [2.75, 3.05) is 26.4 Å². The predicted molar refractivity (Wildman–Crippen MR) is 259 cm³/mol. The first kappa shape index (κ1) is 65.9. The van der Waals surface area contributed by atoms with Gasteiger partial charge in [-0.3, -0.25) is 9.59 Å². The van der Waals surface area contributed by atoms with Crippen molar-refractivity contribution >= 4 is 17.8 Å². The van der Waals surface area contributed by atoms with Gasteiger partial charge in [-0.05, 0) is 12.8 Å². The number of hydrogen-bond acceptors (Lipinski definition) is 23. The Labute approximate surface area is 443 Å². The van der Waals surface area contributed by atoms with Gasteiger partial charge in [0.2, 0.25) is 11.8 Å². The SMILES string of the molecule is CCCCCCCCCCCCC/C=C/[C@@H](O)[C]CO[C@@H]1O[CH][C@@H](O[C@@H]2O[CH][CH][C@H](O[C@]3(CO)C[C@H](O)[C@@H](NC(C)=O)[C@H]([C@H](O)[C@@H](CO)O[C@]4(C(=O)O)C[C@H](O)[C@@H](NC(C)=O)[C@H]([C@H](O)[C@H](O)CO)O4)O3)[C@H]2O)[C@H](O)[C@H]1O. The number of amides is 2. The summed E-state index contributed by atoms with van der Waals surface area (Å²) < 4.78 is 45.5. The Hall–Kier alpha value is -2.65. The Morgan fingerprint density at radius 3 is 1.89 bits per heavy atom. The minimum absolute atomic E-state index is 0.293. The fourth-order valence-corrected chi connectivity index (χ4v) is 9.39. The van der Waals surface area contributed by atoms with E-state index in [1.165, 1.54) is 57.8 Å². The highest BCUT2D eigenvalue weighted by molar-refractivity contribution is 5.76. The van der Waals surface area contributed by atoms with E-state index in [1.54, 1.807) is 6.08 Å². The predicted octanol–water partition coefficient (Wildman–Crippen LogP) is -2.97. The van der Waals surface area contributed by atoms with E-state index in [0.717, 1.165) is 52.7 Å². The van der Waals surface area contributed by atoms with Crippen molar-refractivity contribution in [1.82, 2.24) is 10.6 Å². The molecule has 0 bridgehead atoms. The molecule has 4 saturated heterocycles. The zero-order chi connectivity index (χ0) is 56.2. The highest BCUT2D eigenvalue weighted by Crippen LogP contribution is 2.40. The fraction of sp³-hybridized carbons (Fsp3) is 0.820. The van der Waals surface area contributed by atoms with E-state index in [1.807, 2.05) is 6.08 Å². The van der Waals surface area contributed by atoms with Crippen LogP contribution in [0.3, 0.4) is 0 Å². The maximum absolute atomic E-state index is 12.9. The van der Waals surface area contributed by atoms with E-state index in [2.05, 4.69) is 24.0 Å². The second-order valence-corrected chi connectivity index (χ2v) is 19.7. The molecule has 4 rings (SSSR count). The van der Waals surface area contributed by atoms with Gasteiger partial charge >= 0.3 is 5.97 Å². The van der Waals surface area contributed by atoms with Crippen LogP contribution in [-0.2, 0) is 52.3 Å². The lowest BCUT2D eigenvalue weighted by molar-refractivity contribution is -0.368. The minimum Gasteiger partial charge on any atom is -0.477 e. The first-order chi connectivity index (χ1) is 36.2. The highest BCUT2D eigenvalue weighted by atomic mass is 16.8. The molecule has 26 heteroatoms. The molecule has 4 aliphatic rings. The largest absolute Gasteiger partial charge is 0.477 e. The Kier molecular flexibility index (Phi) is 28.2. The summed E-state index contributed by atoms with van der Waals surface area (Å²) in [5.74, 6) is -9.08. The third-order valence-corrected chi connectivity index (χ3v) is 13.6. The zero-order valence-electron chi connectivity index (χ0n) is 43.3. The second-order valence-electron chi connectivity index (χ2n) is 19.7. The van der Waals surface area contributed by atoms with Gasteiger partial charge in [-0.15, -0.1) is 0 Å². The van der Waals surface area contributed by atoms with Gasteiger partial charge in [0.25, 0.3) is 5.79 Å². The van der Waals surface area contributed by atoms with Crippen molar-refractivity contribution in [2.24, 2.45) is 0 Å². The van der Waals surface area contributed by atoms with Crippen molar-refractivity contribution in [1.29, 1.82) is 0 Å². The maximum atomic E-state index is 12.9. The standard InChI is InChI=1S/C50H83N2O24/c1-4-5-6-7-8-9-10-11-12-13-14-15-16-17-30(58)18-20-69-46-43(66)40(63)36(26-71-46)72-47-42(65)34(19-21-70-47)73-49(27-55)22-31(59)37(51-28(2)56)45(75-49)41(64)35(25-54)74-50(48(67)68)23-32(60)38(52-29(3)57)44(76-50)39(62)33(61)24-53/h16-17,19,21,26,30-47,53-55,58-66H,4-15,20,22-25,27H2,1-3H3,(H,51,56)(H,52,57)(H,67,68)/b17-16+/t30-,31+,32+,33-,34+,35-,36-,37-,38-,39-,40+,41-,42-,43-,44-,45-,46-,47+,49-,50-/m1/s1. The van der Waals surface area contributed by atoms with E-state index < -0.39 is 172 Å². The molecule has 0 unspecified atom stereocenters. The lowest BCUT2D eigenvalue weighted by Crippen LogP contribution is -2.70. The lowest BCUT2D eigenvalue weighted by Gasteiger charge is -2.51. The van der Waals surface area contributed by atoms with Gasteiger partial charge in [-0.2, -0.15) is 0 Å². The molecule has 0 aromatic heterocycles. The first-order valence-electron chi connectivity index (χ1n) is 26.1. The normalized spacial score (nSPS) is 35.3. The molecule has 437 valence electrons. The van der Waals surface area contributed by atoms with Crippen LogP contribution in [-0.4, -0.2) is 232 Å². The third-order valence-electron chi connectivity index (χ3n) is 13.6. The summed E-state index contributed by atoms with van der Waals surface area (Å²) >= 11 is 0. The molecular weight excluding hydrogens is 1010 g/mol. The van der Waals surface area contributed by atoms with Crippen molar-refractivity contribution in [3.8, 4) is 0 Å². The van der Waals surface area contributed by atoms with E-state index in [-0.39, 0.29) is 6.61 Å². The molecule has 4 fully saturated rings. The molecule has 0 saturated carbocycles. The molecule has 20 atom stereocenters. The van der Waals surface area contributed by atoms with Crippen molar-refractivity contribution in [2.45, 2.75) is 232 Å². The van der Waals surface area contributed by atoms with Crippen molar-refractivity contribution in [3.63, 3.8) is 0 Å². The van der Waals surface area contributed by atoms with Gasteiger partial charge in [0, 0.05) is 39.5 Å². The van der Waals surface area contributed by atoms with Crippen LogP contribution in [0.1, 0.15) is 111 Å². The molecule has 4 heterocycles. The summed E-state index contributed by atoms with van der Waals surface area (Å²) in [6, 6.07) is -3.22. The lowest BCUT2D eigenvalue weighted by atomic mass is 9.87. The molecular formula is C50H83N2O24. The van der Waals surface area contributed by atoms with Crippen LogP contribution in [0, 0.1) is 26.1 Å². The monoisotopic (exact) mass is 1100 g/mol. The quantitative estimate of drug-likeness (QED) is 0.0230. The van der Waals surface area contributed by atoms with Gasteiger partial charge in [0.1, 0.15) is 67.6 Å². The van der Waals surface area contributed by atoms with Crippen molar-refractivity contribution < 1.29 is 119 Å². The number of nitrogens with one attached hydrogen (secondary N) is 2. The Morgan fingerprint density at radius 2 is 1.33 bits per heavy atom. The van der Waals surface area contributed by atoms with Crippen LogP contribution in [0.4, 0.5) is 0 Å². The van der Waals surface area contributed by atoms with E-state index in [0.29, 0.717) is 0 Å². The Balaban J connectivity index is 1.35. The Bertz CT molecular complexity index is 1740. The van der Waals surface area contributed by atoms with Gasteiger partial charge < -0.3 is 115 Å². The number of ether oxygens (including phenoxy) is 8. The Morgan fingerprint density at radius 1 is 0.737 bits per heavy atom. The molecule has 76 heavy (non-hydrogen) atoms. The third kappa shape index (κ3) is 19.0. The minimum atomic E-state index is -3.10. The van der Waals surface area contributed by atoms with E-state index in [4.69, 9.17) is 37.9 Å². The van der Waals surface area contributed by atoms with E-state index >= 15 is 0 Å². The van der Waals surface area contributed by atoms with Crippen LogP contribution in [0.5, 0.6) is 0 Å². The number of carbonyl (C=O) groups excluding carboxylic acids is 2. The van der Waals surface area contributed by atoms with Crippen LogP contribution in [0.2, 0.25) is 0 Å². The molecule has 0 spiro atoms. The average Bonchev–Trinajstić information content (AvgIpc) is 3.39. The molecule has 0 aromatic rings. The summed E-state index contributed by atoms with van der Waals surface area (Å²) in [5.41, 5.74) is 0. The zero-order valence-corrected chi connectivity index (χ0v) is 43.3.